The second-order valence-corrected chi connectivity index (χ2v) is 3.96. The summed E-state index contributed by atoms with van der Waals surface area (Å²) in [5.41, 5.74) is 15.9. The number of amides is 1. The second-order valence-electron chi connectivity index (χ2n) is 3.96. The predicted octanol–water partition coefficient (Wildman–Crippen LogP) is 0.310. The Labute approximate surface area is 134 Å². The van der Waals surface area contributed by atoms with Crippen LogP contribution in [0.1, 0.15) is 29.6 Å². The maximum Gasteiger partial charge on any atom is 0.320 e. The average Bonchev–Trinajstić information content (AvgIpc) is 2.40. The zero-order valence-corrected chi connectivity index (χ0v) is 12.6. The summed E-state index contributed by atoms with van der Waals surface area (Å²) in [6.45, 7) is 0.604. The topological polar surface area (TPSA) is 132 Å². The van der Waals surface area contributed by atoms with Gasteiger partial charge in [-0.15, -0.1) is 0 Å². The second kappa shape index (κ2) is 12.8. The monoisotopic (exact) mass is 374 g/mol. The number of hydrogen-bond donors (Lipinski definition) is 4. The van der Waals surface area contributed by atoms with Crippen LogP contribution >= 0.6 is 0 Å². The molecule has 1 rings (SSSR count). The largest absolute Gasteiger partial charge is 0.480 e. The number of unbranched alkanes of at least 4 members (excludes halogenated alkanes) is 1. The molecule has 1 atom stereocenters. The Morgan fingerprint density at radius 3 is 2.05 bits per heavy atom. The van der Waals surface area contributed by atoms with Gasteiger partial charge in [-0.3, -0.25) is 9.59 Å². The molecule has 0 heterocycles. The third-order valence-corrected chi connectivity index (χ3v) is 2.34. The van der Waals surface area contributed by atoms with Crippen LogP contribution in [-0.4, -0.2) is 29.6 Å². The molecule has 0 aliphatic carbocycles. The van der Waals surface area contributed by atoms with Crippen LogP contribution in [0.4, 0.5) is 0 Å². The number of hydrogen-bond acceptors (Lipinski definition) is 4. The van der Waals surface area contributed by atoms with E-state index in [1.807, 2.05) is 6.07 Å². The SMILES string of the molecule is NC(=O)c1ccccc1.NCCCC[C@H](N)C(=O)O.[Ag]. The fraction of sp³-hybridized carbons (Fsp3) is 0.385. The summed E-state index contributed by atoms with van der Waals surface area (Å²) in [5.74, 6) is -1.31. The molecule has 0 saturated heterocycles. The molecule has 7 heteroatoms. The van der Waals surface area contributed by atoms with E-state index in [-0.39, 0.29) is 28.3 Å². The van der Waals surface area contributed by atoms with E-state index >= 15 is 0 Å². The number of aliphatic carboxylic acids is 1. The van der Waals surface area contributed by atoms with Crippen molar-refractivity contribution in [3.05, 3.63) is 35.9 Å². The first-order valence-electron chi connectivity index (χ1n) is 6.02. The first-order valence-corrected chi connectivity index (χ1v) is 6.02. The average molecular weight is 375 g/mol. The normalized spacial score (nSPS) is 10.5. The molecule has 0 fully saturated rings. The van der Waals surface area contributed by atoms with Gasteiger partial charge in [0.15, 0.2) is 0 Å². The van der Waals surface area contributed by atoms with Gasteiger partial charge in [0.05, 0.1) is 0 Å². The molecule has 0 aromatic heterocycles. The van der Waals surface area contributed by atoms with Gasteiger partial charge in [-0.05, 0) is 31.5 Å². The Balaban J connectivity index is 0. The minimum Gasteiger partial charge on any atom is -0.480 e. The standard InChI is InChI=1S/C7H7NO.C6H14N2O2.Ag/c8-7(9)6-4-2-1-3-5-6;7-4-2-1-3-5(8)6(9)10;/h1-5H,(H2,8,9);5H,1-4,7-8H2,(H,9,10);/t;5-;/m.0./s1. The van der Waals surface area contributed by atoms with Gasteiger partial charge in [0.25, 0.3) is 0 Å². The molecule has 1 radical (unpaired) electrons. The summed E-state index contributed by atoms with van der Waals surface area (Å²) in [6.07, 6.45) is 2.16. The molecule has 6 nitrogen and oxygen atoms in total. The summed E-state index contributed by atoms with van der Waals surface area (Å²) < 4.78 is 0. The fourth-order valence-electron chi connectivity index (χ4n) is 1.23. The first-order chi connectivity index (χ1) is 8.99. The molecule has 1 amide bonds. The molecule has 0 aliphatic rings. The number of carbonyl (C=O) groups is 2. The van der Waals surface area contributed by atoms with Crippen molar-refractivity contribution >= 4 is 11.9 Å². The zero-order chi connectivity index (χ0) is 14.7. The van der Waals surface area contributed by atoms with E-state index in [4.69, 9.17) is 22.3 Å². The molecule has 1 aromatic rings. The van der Waals surface area contributed by atoms with E-state index in [0.717, 1.165) is 12.8 Å². The summed E-state index contributed by atoms with van der Waals surface area (Å²) in [6, 6.07) is 8.05. The van der Waals surface area contributed by atoms with Crippen molar-refractivity contribution in [2.45, 2.75) is 25.3 Å². The molecule has 0 bridgehead atoms. The summed E-state index contributed by atoms with van der Waals surface area (Å²) >= 11 is 0. The van der Waals surface area contributed by atoms with Crippen LogP contribution in [0.3, 0.4) is 0 Å². The van der Waals surface area contributed by atoms with Crippen molar-refractivity contribution in [2.75, 3.05) is 6.54 Å². The van der Waals surface area contributed by atoms with Crippen LogP contribution in [0.2, 0.25) is 0 Å². The Bertz CT molecular complexity index is 388. The van der Waals surface area contributed by atoms with Gasteiger partial charge in [-0.1, -0.05) is 24.6 Å². The van der Waals surface area contributed by atoms with Gasteiger partial charge in [0, 0.05) is 27.9 Å². The van der Waals surface area contributed by atoms with Gasteiger partial charge in [-0.2, -0.15) is 0 Å². The van der Waals surface area contributed by atoms with Gasteiger partial charge in [-0.25, -0.2) is 0 Å². The van der Waals surface area contributed by atoms with E-state index in [1.165, 1.54) is 0 Å². The number of carboxylic acids is 1. The van der Waals surface area contributed by atoms with E-state index in [1.54, 1.807) is 24.3 Å². The van der Waals surface area contributed by atoms with E-state index in [0.29, 0.717) is 18.5 Å². The smallest absolute Gasteiger partial charge is 0.320 e. The van der Waals surface area contributed by atoms with Crippen molar-refractivity contribution < 1.29 is 37.1 Å². The Morgan fingerprint density at radius 2 is 1.70 bits per heavy atom. The van der Waals surface area contributed by atoms with E-state index in [9.17, 15) is 9.59 Å². The molecule has 0 aliphatic heterocycles. The third kappa shape index (κ3) is 10.7. The quantitative estimate of drug-likeness (QED) is 0.420. The van der Waals surface area contributed by atoms with Crippen molar-refractivity contribution in [1.82, 2.24) is 0 Å². The summed E-state index contributed by atoms with van der Waals surface area (Å²) in [7, 11) is 0. The number of carbonyl (C=O) groups excluding carboxylic acids is 1. The third-order valence-electron chi connectivity index (χ3n) is 2.34. The fourth-order valence-corrected chi connectivity index (χ4v) is 1.23. The molecule has 7 N–H and O–H groups in total. The van der Waals surface area contributed by atoms with E-state index in [2.05, 4.69) is 0 Å². The summed E-state index contributed by atoms with van der Waals surface area (Å²) in [5, 5.41) is 8.33. The number of primary amides is 1. The number of nitrogens with two attached hydrogens (primary N) is 3. The van der Waals surface area contributed by atoms with E-state index < -0.39 is 12.0 Å². The maximum atomic E-state index is 10.4. The molecule has 0 spiro atoms. The number of rotatable bonds is 6. The van der Waals surface area contributed by atoms with Crippen molar-refractivity contribution in [1.29, 1.82) is 0 Å². The molecular formula is C13H21AgN3O3. The van der Waals surface area contributed by atoms with Gasteiger partial charge in [0.2, 0.25) is 5.91 Å². The van der Waals surface area contributed by atoms with Crippen LogP contribution in [-0.2, 0) is 27.2 Å². The molecule has 117 valence electrons. The predicted molar refractivity (Wildman–Crippen MR) is 73.5 cm³/mol. The van der Waals surface area contributed by atoms with Crippen LogP contribution in [0.5, 0.6) is 0 Å². The molecular weight excluding hydrogens is 354 g/mol. The van der Waals surface area contributed by atoms with Crippen LogP contribution in [0.15, 0.2) is 30.3 Å². The molecule has 0 unspecified atom stereocenters. The minimum absolute atomic E-state index is 0. The van der Waals surface area contributed by atoms with Crippen LogP contribution < -0.4 is 17.2 Å². The van der Waals surface area contributed by atoms with Gasteiger partial charge >= 0.3 is 5.97 Å². The zero-order valence-electron chi connectivity index (χ0n) is 11.1. The maximum absolute atomic E-state index is 10.4. The molecule has 1 aromatic carbocycles. The van der Waals surface area contributed by atoms with Crippen LogP contribution in [0, 0.1) is 0 Å². The molecule has 0 saturated carbocycles. The van der Waals surface area contributed by atoms with Gasteiger partial charge < -0.3 is 22.3 Å². The van der Waals surface area contributed by atoms with Crippen LogP contribution in [0.25, 0.3) is 0 Å². The number of carboxylic acid groups (broad SMARTS) is 1. The van der Waals surface area contributed by atoms with Gasteiger partial charge in [0.1, 0.15) is 6.04 Å². The van der Waals surface area contributed by atoms with Crippen molar-refractivity contribution in [2.24, 2.45) is 17.2 Å². The molecule has 20 heavy (non-hydrogen) atoms. The minimum atomic E-state index is -0.933. The first kappa shape index (κ1) is 21.1. The van der Waals surface area contributed by atoms with Crippen molar-refractivity contribution in [3.63, 3.8) is 0 Å². The number of benzene rings is 1. The Morgan fingerprint density at radius 1 is 1.15 bits per heavy atom. The Hall–Kier alpha value is -1.18. The van der Waals surface area contributed by atoms with Crippen molar-refractivity contribution in [3.8, 4) is 0 Å². The summed E-state index contributed by atoms with van der Waals surface area (Å²) in [4.78, 5) is 20.6. The Kier molecular flexibility index (Phi) is 13.6.